The first-order valence-electron chi connectivity index (χ1n) is 6.46. The lowest BCUT2D eigenvalue weighted by molar-refractivity contribution is 0.0696. The Kier molecular flexibility index (Phi) is 3.23. The van der Waals surface area contributed by atoms with E-state index in [9.17, 15) is 4.79 Å². The third-order valence-corrected chi connectivity index (χ3v) is 3.12. The zero-order valence-corrected chi connectivity index (χ0v) is 11.4. The number of hydrogen-bond acceptors (Lipinski definition) is 4. The van der Waals surface area contributed by atoms with Crippen LogP contribution in [0.3, 0.4) is 0 Å². The molecule has 3 aromatic rings. The molecule has 0 saturated carbocycles. The Hall–Kier alpha value is -2.95. The number of rotatable bonds is 3. The quantitative estimate of drug-likeness (QED) is 0.768. The fourth-order valence-electron chi connectivity index (χ4n) is 2.14. The number of aromatic nitrogens is 2. The highest BCUT2D eigenvalue weighted by atomic mass is 16.4. The minimum Gasteiger partial charge on any atom is -0.478 e. The van der Waals surface area contributed by atoms with Crippen molar-refractivity contribution in [2.24, 2.45) is 0 Å². The molecule has 0 spiro atoms. The van der Waals surface area contributed by atoms with Crippen LogP contribution in [0.1, 0.15) is 16.1 Å². The lowest BCUT2D eigenvalue weighted by Gasteiger charge is -2.10. The highest BCUT2D eigenvalue weighted by Crippen LogP contribution is 2.25. The Bertz CT molecular complexity index is 813. The zero-order chi connectivity index (χ0) is 14.8. The summed E-state index contributed by atoms with van der Waals surface area (Å²) in [6.45, 7) is 1.93. The van der Waals surface area contributed by atoms with Crippen molar-refractivity contribution in [3.05, 3.63) is 59.9 Å². The number of para-hydroxylation sites is 1. The number of aryl methyl sites for hydroxylation is 1. The fraction of sp³-hybridized carbons (Fsp3) is 0.0625. The van der Waals surface area contributed by atoms with Crippen molar-refractivity contribution < 1.29 is 9.90 Å². The van der Waals surface area contributed by atoms with Crippen molar-refractivity contribution in [3.8, 4) is 0 Å². The van der Waals surface area contributed by atoms with Crippen LogP contribution in [0.2, 0.25) is 0 Å². The van der Waals surface area contributed by atoms with E-state index in [-0.39, 0.29) is 5.56 Å². The lowest BCUT2D eigenvalue weighted by Crippen LogP contribution is -2.00. The van der Waals surface area contributed by atoms with Gasteiger partial charge in [0, 0.05) is 17.3 Å². The maximum Gasteiger partial charge on any atom is 0.337 e. The normalized spacial score (nSPS) is 10.5. The first kappa shape index (κ1) is 13.1. The molecular weight excluding hydrogens is 266 g/mol. The Balaban J connectivity index is 1.99. The van der Waals surface area contributed by atoms with Crippen LogP contribution in [0.25, 0.3) is 10.9 Å². The van der Waals surface area contributed by atoms with Gasteiger partial charge in [0.05, 0.1) is 16.8 Å². The van der Waals surface area contributed by atoms with Gasteiger partial charge in [-0.25, -0.2) is 9.78 Å². The summed E-state index contributed by atoms with van der Waals surface area (Å²) in [6.07, 6.45) is 1.33. The number of fused-ring (bicyclic) bond motifs is 1. The topological polar surface area (TPSA) is 75.1 Å². The monoisotopic (exact) mass is 279 g/mol. The summed E-state index contributed by atoms with van der Waals surface area (Å²) in [7, 11) is 0. The molecule has 0 fully saturated rings. The van der Waals surface area contributed by atoms with Gasteiger partial charge in [0.15, 0.2) is 0 Å². The zero-order valence-electron chi connectivity index (χ0n) is 11.4. The molecule has 0 saturated heterocycles. The Morgan fingerprint density at radius 2 is 2.00 bits per heavy atom. The minimum atomic E-state index is -0.987. The van der Waals surface area contributed by atoms with Crippen LogP contribution in [0, 0.1) is 6.92 Å². The van der Waals surface area contributed by atoms with Crippen LogP contribution in [-0.4, -0.2) is 21.0 Å². The van der Waals surface area contributed by atoms with E-state index in [1.54, 1.807) is 6.07 Å². The number of carboxylic acids is 1. The first-order valence-corrected chi connectivity index (χ1v) is 6.46. The van der Waals surface area contributed by atoms with Crippen LogP contribution in [0.5, 0.6) is 0 Å². The molecule has 3 rings (SSSR count). The molecule has 0 bridgehead atoms. The van der Waals surface area contributed by atoms with Gasteiger partial charge in [0.1, 0.15) is 5.82 Å². The van der Waals surface area contributed by atoms with Gasteiger partial charge in [-0.2, -0.15) is 0 Å². The van der Waals surface area contributed by atoms with E-state index in [2.05, 4.69) is 15.3 Å². The van der Waals surface area contributed by atoms with Crippen molar-refractivity contribution in [3.63, 3.8) is 0 Å². The van der Waals surface area contributed by atoms with E-state index in [1.807, 2.05) is 37.3 Å². The minimum absolute atomic E-state index is 0.163. The summed E-state index contributed by atoms with van der Waals surface area (Å²) in [5.41, 5.74) is 2.87. The van der Waals surface area contributed by atoms with Crippen molar-refractivity contribution in [2.45, 2.75) is 6.92 Å². The van der Waals surface area contributed by atoms with Gasteiger partial charge in [0.25, 0.3) is 0 Å². The van der Waals surface area contributed by atoms with Crippen molar-refractivity contribution in [1.82, 2.24) is 9.97 Å². The highest BCUT2D eigenvalue weighted by molar-refractivity contribution is 5.93. The molecule has 0 aliphatic rings. The summed E-state index contributed by atoms with van der Waals surface area (Å²) in [5, 5.41) is 13.1. The average molecular weight is 279 g/mol. The van der Waals surface area contributed by atoms with Gasteiger partial charge in [0.2, 0.25) is 0 Å². The number of carbonyl (C=O) groups is 1. The second kappa shape index (κ2) is 5.20. The smallest absolute Gasteiger partial charge is 0.337 e. The Morgan fingerprint density at radius 1 is 1.19 bits per heavy atom. The number of aromatic carboxylic acids is 1. The predicted molar refractivity (Wildman–Crippen MR) is 81.0 cm³/mol. The summed E-state index contributed by atoms with van der Waals surface area (Å²) in [5.74, 6) is -0.394. The van der Waals surface area contributed by atoms with E-state index in [0.717, 1.165) is 22.3 Å². The van der Waals surface area contributed by atoms with Gasteiger partial charge >= 0.3 is 5.97 Å². The average Bonchev–Trinajstić information content (AvgIpc) is 2.47. The number of pyridine rings is 2. The standard InChI is InChI=1S/C16H13N3O2/c1-10-8-14(12-4-2-3-5-13(12)18-10)19-15-7-6-11(9-17-15)16(20)21/h2-9H,1H3,(H,20,21)(H,17,18,19). The fourth-order valence-corrected chi connectivity index (χ4v) is 2.14. The van der Waals surface area contributed by atoms with Gasteiger partial charge < -0.3 is 10.4 Å². The summed E-state index contributed by atoms with van der Waals surface area (Å²) in [4.78, 5) is 19.4. The molecule has 0 unspecified atom stereocenters. The highest BCUT2D eigenvalue weighted by Gasteiger charge is 2.06. The molecule has 0 amide bonds. The lowest BCUT2D eigenvalue weighted by atomic mass is 10.1. The number of carboxylic acid groups (broad SMARTS) is 1. The number of hydrogen-bond donors (Lipinski definition) is 2. The first-order chi connectivity index (χ1) is 10.1. The maximum absolute atomic E-state index is 10.8. The molecule has 0 aliphatic carbocycles. The molecular formula is C16H13N3O2. The summed E-state index contributed by atoms with van der Waals surface area (Å²) in [6, 6.07) is 12.9. The summed E-state index contributed by atoms with van der Waals surface area (Å²) >= 11 is 0. The van der Waals surface area contributed by atoms with Crippen molar-refractivity contribution in [2.75, 3.05) is 5.32 Å². The second-order valence-electron chi connectivity index (χ2n) is 4.69. The molecule has 5 heteroatoms. The number of nitrogens with one attached hydrogen (secondary N) is 1. The maximum atomic E-state index is 10.8. The van der Waals surface area contributed by atoms with Gasteiger partial charge in [-0.15, -0.1) is 0 Å². The summed E-state index contributed by atoms with van der Waals surface area (Å²) < 4.78 is 0. The van der Waals surface area contributed by atoms with Gasteiger partial charge in [-0.1, -0.05) is 18.2 Å². The Morgan fingerprint density at radius 3 is 2.71 bits per heavy atom. The number of anilines is 2. The van der Waals surface area contributed by atoms with Crippen LogP contribution in [0.15, 0.2) is 48.7 Å². The third kappa shape index (κ3) is 2.67. The molecule has 2 heterocycles. The third-order valence-electron chi connectivity index (χ3n) is 3.12. The molecule has 1 aromatic carbocycles. The van der Waals surface area contributed by atoms with E-state index in [4.69, 9.17) is 5.11 Å². The molecule has 104 valence electrons. The molecule has 2 N–H and O–H groups in total. The van der Waals surface area contributed by atoms with Crippen molar-refractivity contribution >= 4 is 28.4 Å². The largest absolute Gasteiger partial charge is 0.478 e. The van der Waals surface area contributed by atoms with E-state index in [0.29, 0.717) is 5.82 Å². The molecule has 2 aromatic heterocycles. The molecule has 0 radical (unpaired) electrons. The van der Waals surface area contributed by atoms with Crippen LogP contribution in [-0.2, 0) is 0 Å². The number of nitrogens with zero attached hydrogens (tertiary/aromatic N) is 2. The molecule has 21 heavy (non-hydrogen) atoms. The van der Waals surface area contributed by atoms with E-state index < -0.39 is 5.97 Å². The molecule has 5 nitrogen and oxygen atoms in total. The van der Waals surface area contributed by atoms with Gasteiger partial charge in [-0.05, 0) is 31.2 Å². The van der Waals surface area contributed by atoms with E-state index >= 15 is 0 Å². The van der Waals surface area contributed by atoms with E-state index in [1.165, 1.54) is 12.3 Å². The molecule has 0 aliphatic heterocycles. The van der Waals surface area contributed by atoms with Crippen molar-refractivity contribution in [1.29, 1.82) is 0 Å². The molecule has 0 atom stereocenters. The van der Waals surface area contributed by atoms with Gasteiger partial charge in [-0.3, -0.25) is 4.98 Å². The SMILES string of the molecule is Cc1cc(Nc2ccc(C(=O)O)cn2)c2ccccc2n1. The second-order valence-corrected chi connectivity index (χ2v) is 4.69. The van der Waals surface area contributed by atoms with Crippen LogP contribution < -0.4 is 5.32 Å². The predicted octanol–water partition coefficient (Wildman–Crippen LogP) is 3.38. The Labute approximate surface area is 121 Å². The number of benzene rings is 1. The van der Waals surface area contributed by atoms with Crippen LogP contribution in [0.4, 0.5) is 11.5 Å². The van der Waals surface area contributed by atoms with Crippen LogP contribution >= 0.6 is 0 Å².